The molecule has 1 unspecified atom stereocenters. The van der Waals surface area contributed by atoms with Crippen molar-refractivity contribution in [2.24, 2.45) is 5.41 Å². The van der Waals surface area contributed by atoms with Crippen molar-refractivity contribution >= 4 is 15.9 Å². The fourth-order valence-electron chi connectivity index (χ4n) is 2.77. The van der Waals surface area contributed by atoms with Gasteiger partial charge in [-0.15, -0.1) is 0 Å². The standard InChI is InChI=1S/C18H30BrNO/c1-8-9-20-15(11-18(4,5)6)16-13(3)14(19)10-12(2)17(16)21-7/h10,15,20H,8-9,11H2,1-7H3. The number of rotatable bonds is 6. The summed E-state index contributed by atoms with van der Waals surface area (Å²) in [5, 5.41) is 3.71. The van der Waals surface area contributed by atoms with Crippen molar-refractivity contribution in [3.63, 3.8) is 0 Å². The summed E-state index contributed by atoms with van der Waals surface area (Å²) in [4.78, 5) is 0. The number of halogens is 1. The molecule has 21 heavy (non-hydrogen) atoms. The van der Waals surface area contributed by atoms with Crippen molar-refractivity contribution in [2.45, 2.75) is 60.4 Å². The largest absolute Gasteiger partial charge is 0.496 e. The monoisotopic (exact) mass is 355 g/mol. The number of nitrogens with one attached hydrogen (secondary N) is 1. The van der Waals surface area contributed by atoms with Gasteiger partial charge in [-0.2, -0.15) is 0 Å². The molecule has 0 spiro atoms. The van der Waals surface area contributed by atoms with Crippen molar-refractivity contribution in [1.82, 2.24) is 5.32 Å². The predicted octanol–water partition coefficient (Wildman–Crippen LogP) is 5.55. The molecule has 0 aromatic heterocycles. The van der Waals surface area contributed by atoms with Gasteiger partial charge in [-0.05, 0) is 55.8 Å². The lowest BCUT2D eigenvalue weighted by molar-refractivity contribution is 0.303. The summed E-state index contributed by atoms with van der Waals surface area (Å²) < 4.78 is 6.89. The van der Waals surface area contributed by atoms with E-state index in [9.17, 15) is 0 Å². The average molecular weight is 356 g/mol. The molecule has 3 heteroatoms. The first-order valence-electron chi connectivity index (χ1n) is 7.78. The van der Waals surface area contributed by atoms with Crippen LogP contribution in [0.2, 0.25) is 0 Å². The molecule has 0 aliphatic rings. The number of aryl methyl sites for hydroxylation is 1. The number of methoxy groups -OCH3 is 1. The molecule has 1 rings (SSSR count). The summed E-state index contributed by atoms with van der Waals surface area (Å²) in [7, 11) is 1.77. The molecule has 2 nitrogen and oxygen atoms in total. The van der Waals surface area contributed by atoms with E-state index in [-0.39, 0.29) is 5.41 Å². The Kier molecular flexibility index (Phi) is 6.73. The number of ether oxygens (including phenoxy) is 1. The van der Waals surface area contributed by atoms with Crippen LogP contribution in [0.1, 0.15) is 63.3 Å². The van der Waals surface area contributed by atoms with Gasteiger partial charge < -0.3 is 10.1 Å². The molecule has 0 radical (unpaired) electrons. The molecule has 1 aromatic rings. The van der Waals surface area contributed by atoms with E-state index in [0.29, 0.717) is 6.04 Å². The van der Waals surface area contributed by atoms with Crippen LogP contribution in [0.4, 0.5) is 0 Å². The molecular weight excluding hydrogens is 326 g/mol. The third-order valence-electron chi connectivity index (χ3n) is 3.72. The molecule has 120 valence electrons. The minimum Gasteiger partial charge on any atom is -0.496 e. The van der Waals surface area contributed by atoms with E-state index in [2.05, 4.69) is 68.9 Å². The van der Waals surface area contributed by atoms with Crippen LogP contribution >= 0.6 is 15.9 Å². The summed E-state index contributed by atoms with van der Waals surface area (Å²) in [5.74, 6) is 1.02. The Hall–Kier alpha value is -0.540. The van der Waals surface area contributed by atoms with E-state index in [1.165, 1.54) is 16.7 Å². The van der Waals surface area contributed by atoms with Crippen molar-refractivity contribution in [3.8, 4) is 5.75 Å². The molecule has 1 aromatic carbocycles. The Morgan fingerprint density at radius 2 is 1.90 bits per heavy atom. The maximum Gasteiger partial charge on any atom is 0.126 e. The van der Waals surface area contributed by atoms with Gasteiger partial charge in [0.15, 0.2) is 0 Å². The molecule has 1 atom stereocenters. The third kappa shape index (κ3) is 5.00. The summed E-state index contributed by atoms with van der Waals surface area (Å²) in [6.45, 7) is 14.4. The second-order valence-electron chi connectivity index (χ2n) is 7.02. The zero-order valence-electron chi connectivity index (χ0n) is 14.6. The third-order valence-corrected chi connectivity index (χ3v) is 4.54. The summed E-state index contributed by atoms with van der Waals surface area (Å²) in [6.07, 6.45) is 2.22. The van der Waals surface area contributed by atoms with Gasteiger partial charge in [-0.25, -0.2) is 0 Å². The smallest absolute Gasteiger partial charge is 0.126 e. The zero-order chi connectivity index (χ0) is 16.2. The Balaban J connectivity index is 3.34. The Morgan fingerprint density at radius 1 is 1.29 bits per heavy atom. The molecule has 1 N–H and O–H groups in total. The second-order valence-corrected chi connectivity index (χ2v) is 7.87. The minimum absolute atomic E-state index is 0.263. The van der Waals surface area contributed by atoms with Gasteiger partial charge in [0.1, 0.15) is 5.75 Å². The first-order chi connectivity index (χ1) is 9.71. The highest BCUT2D eigenvalue weighted by atomic mass is 79.9. The van der Waals surface area contributed by atoms with Gasteiger partial charge in [-0.1, -0.05) is 43.6 Å². The van der Waals surface area contributed by atoms with Gasteiger partial charge in [-0.3, -0.25) is 0 Å². The topological polar surface area (TPSA) is 21.3 Å². The maximum absolute atomic E-state index is 5.73. The Labute approximate surface area is 138 Å². The molecular formula is C18H30BrNO. The van der Waals surface area contributed by atoms with Crippen LogP contribution in [0.3, 0.4) is 0 Å². The summed E-state index contributed by atoms with van der Waals surface area (Å²) >= 11 is 3.69. The van der Waals surface area contributed by atoms with Gasteiger partial charge in [0.05, 0.1) is 7.11 Å². The van der Waals surface area contributed by atoms with E-state index >= 15 is 0 Å². The second kappa shape index (κ2) is 7.64. The normalized spacial score (nSPS) is 13.3. The summed E-state index contributed by atoms with van der Waals surface area (Å²) in [5.41, 5.74) is 4.02. The molecule has 0 saturated heterocycles. The van der Waals surface area contributed by atoms with Gasteiger partial charge in [0.2, 0.25) is 0 Å². The molecule has 0 aliphatic heterocycles. The van der Waals surface area contributed by atoms with Crippen LogP contribution in [-0.2, 0) is 0 Å². The highest BCUT2D eigenvalue weighted by molar-refractivity contribution is 9.10. The average Bonchev–Trinajstić information content (AvgIpc) is 2.37. The van der Waals surface area contributed by atoms with E-state index in [4.69, 9.17) is 4.74 Å². The zero-order valence-corrected chi connectivity index (χ0v) is 16.1. The number of hydrogen-bond donors (Lipinski definition) is 1. The summed E-state index contributed by atoms with van der Waals surface area (Å²) in [6, 6.07) is 2.46. The van der Waals surface area contributed by atoms with E-state index in [1.54, 1.807) is 7.11 Å². The fraction of sp³-hybridized carbons (Fsp3) is 0.667. The van der Waals surface area contributed by atoms with Crippen molar-refractivity contribution in [2.75, 3.05) is 13.7 Å². The lowest BCUT2D eigenvalue weighted by Gasteiger charge is -2.30. The predicted molar refractivity (Wildman–Crippen MR) is 95.3 cm³/mol. The van der Waals surface area contributed by atoms with E-state index < -0.39 is 0 Å². The number of hydrogen-bond acceptors (Lipinski definition) is 2. The van der Waals surface area contributed by atoms with E-state index in [0.717, 1.165) is 29.6 Å². The first kappa shape index (κ1) is 18.5. The van der Waals surface area contributed by atoms with Crippen molar-refractivity contribution in [3.05, 3.63) is 27.2 Å². The van der Waals surface area contributed by atoms with Crippen LogP contribution in [0, 0.1) is 19.3 Å². The van der Waals surface area contributed by atoms with Crippen LogP contribution in [0.5, 0.6) is 5.75 Å². The maximum atomic E-state index is 5.73. The molecule has 0 heterocycles. The van der Waals surface area contributed by atoms with Gasteiger partial charge >= 0.3 is 0 Å². The van der Waals surface area contributed by atoms with Crippen molar-refractivity contribution in [1.29, 1.82) is 0 Å². The quantitative estimate of drug-likeness (QED) is 0.721. The Morgan fingerprint density at radius 3 is 2.38 bits per heavy atom. The van der Waals surface area contributed by atoms with Gasteiger partial charge in [0.25, 0.3) is 0 Å². The van der Waals surface area contributed by atoms with Crippen LogP contribution < -0.4 is 10.1 Å². The first-order valence-corrected chi connectivity index (χ1v) is 8.57. The molecule has 0 aliphatic carbocycles. The molecule has 0 fully saturated rings. The highest BCUT2D eigenvalue weighted by Crippen LogP contribution is 2.40. The highest BCUT2D eigenvalue weighted by Gasteiger charge is 2.25. The minimum atomic E-state index is 0.263. The lowest BCUT2D eigenvalue weighted by atomic mass is 9.83. The molecule has 0 bridgehead atoms. The van der Waals surface area contributed by atoms with Crippen LogP contribution in [0.25, 0.3) is 0 Å². The van der Waals surface area contributed by atoms with Gasteiger partial charge in [0, 0.05) is 16.1 Å². The van der Waals surface area contributed by atoms with Crippen molar-refractivity contribution < 1.29 is 4.74 Å². The molecule has 0 saturated carbocycles. The molecule has 0 amide bonds. The van der Waals surface area contributed by atoms with E-state index in [1.807, 2.05) is 0 Å². The number of benzene rings is 1. The van der Waals surface area contributed by atoms with Crippen LogP contribution in [0.15, 0.2) is 10.5 Å². The fourth-order valence-corrected chi connectivity index (χ4v) is 3.33. The van der Waals surface area contributed by atoms with Crippen LogP contribution in [-0.4, -0.2) is 13.7 Å². The Bertz CT molecular complexity index is 477. The SMILES string of the molecule is CCCNC(CC(C)(C)C)c1c(C)c(Br)cc(C)c1OC. The lowest BCUT2D eigenvalue weighted by Crippen LogP contribution is -2.27.